The van der Waals surface area contributed by atoms with E-state index in [0.717, 1.165) is 30.2 Å². The number of amides is 1. The SMILES string of the molecule is COCCn1cc(C(=O)N2CCN(Cc3ccc(-c4cccc(Cl)c4)s3)CC2)ccc1=O. The minimum absolute atomic E-state index is 0.0322. The van der Waals surface area contributed by atoms with E-state index in [1.54, 1.807) is 30.7 Å². The monoisotopic (exact) mass is 471 g/mol. The van der Waals surface area contributed by atoms with Crippen molar-refractivity contribution < 1.29 is 9.53 Å². The lowest BCUT2D eigenvalue weighted by molar-refractivity contribution is 0.0628. The number of nitrogens with zero attached hydrogens (tertiary/aromatic N) is 3. The van der Waals surface area contributed by atoms with Crippen molar-refractivity contribution in [2.24, 2.45) is 0 Å². The van der Waals surface area contributed by atoms with Crippen LogP contribution in [0.2, 0.25) is 5.02 Å². The van der Waals surface area contributed by atoms with E-state index < -0.39 is 0 Å². The Kier molecular flexibility index (Phi) is 7.42. The highest BCUT2D eigenvalue weighted by atomic mass is 35.5. The largest absolute Gasteiger partial charge is 0.383 e. The summed E-state index contributed by atoms with van der Waals surface area (Å²) in [6, 6.07) is 15.3. The summed E-state index contributed by atoms with van der Waals surface area (Å²) in [5, 5.41) is 0.743. The van der Waals surface area contributed by atoms with Crippen molar-refractivity contribution in [3.63, 3.8) is 0 Å². The highest BCUT2D eigenvalue weighted by Crippen LogP contribution is 2.30. The molecule has 0 bridgehead atoms. The van der Waals surface area contributed by atoms with Gasteiger partial charge in [0, 0.05) is 73.4 Å². The second kappa shape index (κ2) is 10.4. The predicted octanol–water partition coefficient (Wildman–Crippen LogP) is 3.83. The molecule has 0 atom stereocenters. The highest BCUT2D eigenvalue weighted by Gasteiger charge is 2.23. The van der Waals surface area contributed by atoms with Crippen molar-refractivity contribution in [3.8, 4) is 10.4 Å². The van der Waals surface area contributed by atoms with Crippen LogP contribution in [0.5, 0.6) is 0 Å². The van der Waals surface area contributed by atoms with Crippen LogP contribution in [-0.2, 0) is 17.8 Å². The number of benzene rings is 1. The van der Waals surface area contributed by atoms with E-state index in [0.29, 0.717) is 31.8 Å². The zero-order valence-electron chi connectivity index (χ0n) is 18.0. The Hall–Kier alpha value is -2.45. The Balaban J connectivity index is 1.33. The summed E-state index contributed by atoms with van der Waals surface area (Å²) in [7, 11) is 1.59. The van der Waals surface area contributed by atoms with Gasteiger partial charge in [0.25, 0.3) is 11.5 Å². The summed E-state index contributed by atoms with van der Waals surface area (Å²) in [6.07, 6.45) is 1.64. The van der Waals surface area contributed by atoms with Crippen molar-refractivity contribution in [2.75, 3.05) is 39.9 Å². The standard InChI is InChI=1S/C24H26ClN3O3S/c1-31-14-13-28-16-19(5-8-23(28)29)24(30)27-11-9-26(10-12-27)17-21-6-7-22(32-21)18-3-2-4-20(25)15-18/h2-8,15-16H,9-14,17H2,1H3. The number of piperazine rings is 1. The molecule has 0 saturated carbocycles. The first-order valence-electron chi connectivity index (χ1n) is 10.6. The van der Waals surface area contributed by atoms with Crippen LogP contribution in [0.25, 0.3) is 10.4 Å². The number of carbonyl (C=O) groups excluding carboxylic acids is 1. The predicted molar refractivity (Wildman–Crippen MR) is 129 cm³/mol. The third-order valence-electron chi connectivity index (χ3n) is 5.58. The molecule has 1 aromatic carbocycles. The van der Waals surface area contributed by atoms with E-state index in [1.165, 1.54) is 20.4 Å². The molecule has 8 heteroatoms. The van der Waals surface area contributed by atoms with Crippen molar-refractivity contribution >= 4 is 28.8 Å². The second-order valence-electron chi connectivity index (χ2n) is 7.79. The maximum atomic E-state index is 12.9. The van der Waals surface area contributed by atoms with Gasteiger partial charge in [-0.1, -0.05) is 23.7 Å². The smallest absolute Gasteiger partial charge is 0.255 e. The molecule has 4 rings (SSSR count). The molecule has 0 radical (unpaired) electrons. The molecule has 1 saturated heterocycles. The summed E-state index contributed by atoms with van der Waals surface area (Å²) in [5.74, 6) is -0.0322. The molecule has 1 aliphatic rings. The lowest BCUT2D eigenvalue weighted by Crippen LogP contribution is -2.48. The van der Waals surface area contributed by atoms with E-state index in [4.69, 9.17) is 16.3 Å². The Morgan fingerprint density at radius 1 is 1.09 bits per heavy atom. The Morgan fingerprint density at radius 3 is 2.66 bits per heavy atom. The minimum atomic E-state index is -0.128. The van der Waals surface area contributed by atoms with E-state index >= 15 is 0 Å². The molecule has 0 unspecified atom stereocenters. The molecule has 2 aromatic heterocycles. The van der Waals surface area contributed by atoms with Crippen LogP contribution in [0.1, 0.15) is 15.2 Å². The summed E-state index contributed by atoms with van der Waals surface area (Å²) >= 11 is 7.90. The van der Waals surface area contributed by atoms with Gasteiger partial charge in [-0.2, -0.15) is 0 Å². The maximum absolute atomic E-state index is 12.9. The van der Waals surface area contributed by atoms with Crippen molar-refractivity contribution in [1.82, 2.24) is 14.4 Å². The van der Waals surface area contributed by atoms with Crippen LogP contribution < -0.4 is 5.56 Å². The molecule has 3 heterocycles. The number of methoxy groups -OCH3 is 1. The molecule has 1 aliphatic heterocycles. The average molecular weight is 472 g/mol. The molecular weight excluding hydrogens is 446 g/mol. The topological polar surface area (TPSA) is 54.8 Å². The quantitative estimate of drug-likeness (QED) is 0.525. The third-order valence-corrected chi connectivity index (χ3v) is 6.93. The van der Waals surface area contributed by atoms with Crippen molar-refractivity contribution in [2.45, 2.75) is 13.1 Å². The molecule has 168 valence electrons. The number of hydrogen-bond donors (Lipinski definition) is 0. The van der Waals surface area contributed by atoms with Crippen LogP contribution in [0.15, 0.2) is 59.5 Å². The minimum Gasteiger partial charge on any atom is -0.383 e. The first-order valence-corrected chi connectivity index (χ1v) is 11.8. The van der Waals surface area contributed by atoms with E-state index in [9.17, 15) is 9.59 Å². The summed E-state index contributed by atoms with van der Waals surface area (Å²) in [4.78, 5) is 31.7. The second-order valence-corrected chi connectivity index (χ2v) is 9.39. The van der Waals surface area contributed by atoms with Gasteiger partial charge in [0.2, 0.25) is 0 Å². The van der Waals surface area contributed by atoms with Gasteiger partial charge in [-0.05, 0) is 35.9 Å². The van der Waals surface area contributed by atoms with Crippen LogP contribution in [0.4, 0.5) is 0 Å². The van der Waals surface area contributed by atoms with E-state index in [1.807, 2.05) is 23.1 Å². The first kappa shape index (κ1) is 22.7. The highest BCUT2D eigenvalue weighted by molar-refractivity contribution is 7.15. The number of carbonyl (C=O) groups is 1. The van der Waals surface area contributed by atoms with E-state index in [-0.39, 0.29) is 11.5 Å². The van der Waals surface area contributed by atoms with Gasteiger partial charge >= 0.3 is 0 Å². The normalized spacial score (nSPS) is 14.6. The lowest BCUT2D eigenvalue weighted by Gasteiger charge is -2.34. The summed E-state index contributed by atoms with van der Waals surface area (Å²) < 4.78 is 6.57. The zero-order valence-corrected chi connectivity index (χ0v) is 19.6. The Labute approximate surface area is 196 Å². The number of thiophene rings is 1. The molecule has 1 amide bonds. The number of ether oxygens (including phenoxy) is 1. The van der Waals surface area contributed by atoms with Gasteiger partial charge in [0.15, 0.2) is 0 Å². The summed E-state index contributed by atoms with van der Waals surface area (Å²) in [5.41, 5.74) is 1.55. The van der Waals surface area contributed by atoms with Gasteiger partial charge in [0.1, 0.15) is 0 Å². The zero-order chi connectivity index (χ0) is 22.5. The number of halogens is 1. The number of aromatic nitrogens is 1. The lowest BCUT2D eigenvalue weighted by atomic mass is 10.2. The fourth-order valence-corrected chi connectivity index (χ4v) is 5.03. The molecule has 3 aromatic rings. The first-order chi connectivity index (χ1) is 15.5. The van der Waals surface area contributed by atoms with Crippen molar-refractivity contribution in [3.05, 3.63) is 80.5 Å². The van der Waals surface area contributed by atoms with Crippen LogP contribution in [0, 0.1) is 0 Å². The van der Waals surface area contributed by atoms with Gasteiger partial charge < -0.3 is 14.2 Å². The van der Waals surface area contributed by atoms with Crippen LogP contribution in [0.3, 0.4) is 0 Å². The molecule has 1 fully saturated rings. The fraction of sp³-hybridized carbons (Fsp3) is 0.333. The molecule has 0 aliphatic carbocycles. The molecule has 0 N–H and O–H groups in total. The van der Waals surface area contributed by atoms with Crippen LogP contribution in [-0.4, -0.2) is 60.2 Å². The molecular formula is C24H26ClN3O3S. The molecule has 32 heavy (non-hydrogen) atoms. The Morgan fingerprint density at radius 2 is 1.91 bits per heavy atom. The van der Waals surface area contributed by atoms with Gasteiger partial charge in [-0.3, -0.25) is 14.5 Å². The van der Waals surface area contributed by atoms with Crippen molar-refractivity contribution in [1.29, 1.82) is 0 Å². The van der Waals surface area contributed by atoms with Gasteiger partial charge in [-0.25, -0.2) is 0 Å². The number of rotatable bonds is 7. The van der Waals surface area contributed by atoms with Crippen LogP contribution >= 0.6 is 22.9 Å². The fourth-order valence-electron chi connectivity index (χ4n) is 3.79. The Bertz CT molecular complexity index is 1140. The van der Waals surface area contributed by atoms with Gasteiger partial charge in [-0.15, -0.1) is 11.3 Å². The number of hydrogen-bond acceptors (Lipinski definition) is 5. The van der Waals surface area contributed by atoms with Gasteiger partial charge in [0.05, 0.1) is 12.2 Å². The summed E-state index contributed by atoms with van der Waals surface area (Å²) in [6.45, 7) is 4.71. The third kappa shape index (κ3) is 5.48. The number of pyridine rings is 1. The van der Waals surface area contributed by atoms with E-state index in [2.05, 4.69) is 23.1 Å². The molecule has 6 nitrogen and oxygen atoms in total. The maximum Gasteiger partial charge on any atom is 0.255 e. The molecule has 0 spiro atoms. The average Bonchev–Trinajstić information content (AvgIpc) is 3.27.